The van der Waals surface area contributed by atoms with Crippen LogP contribution in [0.1, 0.15) is 5.56 Å². The minimum atomic E-state index is -1.37. The van der Waals surface area contributed by atoms with Gasteiger partial charge < -0.3 is 5.11 Å². The number of phenolic OH excluding ortho intramolecular Hbond substituents is 1. The van der Waals surface area contributed by atoms with E-state index in [4.69, 9.17) is 0 Å². The highest BCUT2D eigenvalue weighted by molar-refractivity contribution is 7.56. The topological polar surface area (TPSA) is 32.6 Å². The van der Waals surface area contributed by atoms with Crippen LogP contribution in [0.3, 0.4) is 0 Å². The van der Waals surface area contributed by atoms with E-state index in [9.17, 15) is 5.11 Å². The Bertz CT molecular complexity index is 662. The van der Waals surface area contributed by atoms with Crippen LogP contribution in [0.4, 0.5) is 0 Å². The van der Waals surface area contributed by atoms with E-state index >= 15 is 0 Å². The maximum absolute atomic E-state index is 10.2. The lowest BCUT2D eigenvalue weighted by atomic mass is 10.2. The van der Waals surface area contributed by atoms with Crippen LogP contribution in [0.2, 0.25) is 19.6 Å². The molecule has 0 aliphatic heterocycles. The average Bonchev–Trinajstić information content (AvgIpc) is 2.42. The summed E-state index contributed by atoms with van der Waals surface area (Å²) in [6, 6.07) is 14.3. The molecule has 2 aromatic carbocycles. The maximum atomic E-state index is 10.2. The summed E-state index contributed by atoms with van der Waals surface area (Å²) in [6.45, 7) is 6.97. The maximum Gasteiger partial charge on any atom is 0.123 e. The van der Waals surface area contributed by atoms with Crippen LogP contribution in [0.5, 0.6) is 5.75 Å². The molecule has 4 heteroatoms. The minimum Gasteiger partial charge on any atom is -0.507 e. The minimum absolute atomic E-state index is 0.388. The van der Waals surface area contributed by atoms with Gasteiger partial charge in [-0.05, 0) is 16.9 Å². The summed E-state index contributed by atoms with van der Waals surface area (Å²) in [4.78, 5) is 4.11. The number of rotatable bonds is 4. The second-order valence-electron chi connectivity index (χ2n) is 6.08. The zero-order chi connectivity index (χ0) is 15.5. The Morgan fingerprint density at radius 1 is 1.05 bits per heavy atom. The first kappa shape index (κ1) is 15.9. The quantitative estimate of drug-likeness (QED) is 0.525. The highest BCUT2D eigenvalue weighted by atomic mass is 31.1. The van der Waals surface area contributed by atoms with Gasteiger partial charge in [0.1, 0.15) is 5.75 Å². The monoisotopic (exact) mass is 315 g/mol. The second-order valence-corrected chi connectivity index (χ2v) is 12.5. The summed E-state index contributed by atoms with van der Waals surface area (Å²) >= 11 is 0. The Labute approximate surface area is 129 Å². The molecular formula is C17H22NOPSi. The van der Waals surface area contributed by atoms with E-state index in [2.05, 4.69) is 48.9 Å². The largest absolute Gasteiger partial charge is 0.507 e. The summed E-state index contributed by atoms with van der Waals surface area (Å²) < 4.78 is 0. The number of aliphatic imine (C=N–C) groups is 1. The first-order valence-electron chi connectivity index (χ1n) is 7.03. The van der Waals surface area contributed by atoms with Gasteiger partial charge in [-0.2, -0.15) is 0 Å². The number of benzene rings is 2. The summed E-state index contributed by atoms with van der Waals surface area (Å²) in [5.41, 5.74) is 1.12. The van der Waals surface area contributed by atoms with E-state index in [0.29, 0.717) is 14.3 Å². The van der Waals surface area contributed by atoms with Crippen molar-refractivity contribution in [2.45, 2.75) is 19.6 Å². The third-order valence-electron chi connectivity index (χ3n) is 3.36. The first-order chi connectivity index (χ1) is 9.91. The van der Waals surface area contributed by atoms with Crippen molar-refractivity contribution >= 4 is 38.7 Å². The molecule has 0 amide bonds. The molecule has 0 bridgehead atoms. The van der Waals surface area contributed by atoms with Crippen LogP contribution in [-0.2, 0) is 0 Å². The highest BCUT2D eigenvalue weighted by Gasteiger charge is 2.18. The Hall–Kier alpha value is -1.44. The molecule has 2 aromatic rings. The van der Waals surface area contributed by atoms with Crippen LogP contribution >= 0.6 is 8.58 Å². The van der Waals surface area contributed by atoms with Crippen LogP contribution in [0, 0.1) is 0 Å². The molecule has 0 aliphatic carbocycles. The molecule has 1 N–H and O–H groups in total. The van der Waals surface area contributed by atoms with Gasteiger partial charge in [-0.15, -0.1) is 0 Å². The smallest absolute Gasteiger partial charge is 0.123 e. The van der Waals surface area contributed by atoms with E-state index in [1.807, 2.05) is 24.4 Å². The molecule has 2 nitrogen and oxygen atoms in total. The van der Waals surface area contributed by atoms with Gasteiger partial charge >= 0.3 is 0 Å². The number of nitrogens with zero attached hydrogens (tertiary/aromatic N) is 1. The third-order valence-corrected chi connectivity index (χ3v) is 6.80. The van der Waals surface area contributed by atoms with Gasteiger partial charge in [0.15, 0.2) is 0 Å². The molecule has 0 aromatic heterocycles. The summed E-state index contributed by atoms with van der Waals surface area (Å²) in [6.07, 6.45) is 1.88. The molecule has 0 aliphatic rings. The summed E-state index contributed by atoms with van der Waals surface area (Å²) in [5, 5.41) is 13.8. The fourth-order valence-corrected chi connectivity index (χ4v) is 4.62. The van der Waals surface area contributed by atoms with Crippen molar-refractivity contribution in [3.05, 3.63) is 48.0 Å². The first-order valence-corrected chi connectivity index (χ1v) is 11.5. The molecule has 21 heavy (non-hydrogen) atoms. The second kappa shape index (κ2) is 6.55. The van der Waals surface area contributed by atoms with E-state index in [-0.39, 0.29) is 0 Å². The van der Waals surface area contributed by atoms with Crippen molar-refractivity contribution in [2.75, 3.05) is 7.05 Å². The van der Waals surface area contributed by atoms with E-state index in [1.54, 1.807) is 7.05 Å². The zero-order valence-electron chi connectivity index (χ0n) is 13.0. The third kappa shape index (κ3) is 4.02. The lowest BCUT2D eigenvalue weighted by Gasteiger charge is -2.18. The van der Waals surface area contributed by atoms with Gasteiger partial charge in [-0.25, -0.2) is 0 Å². The van der Waals surface area contributed by atoms with Gasteiger partial charge in [0.05, 0.1) is 8.07 Å². The molecule has 0 heterocycles. The van der Waals surface area contributed by atoms with E-state index in [0.717, 1.165) is 10.9 Å². The van der Waals surface area contributed by atoms with Crippen LogP contribution in [-0.4, -0.2) is 26.4 Å². The van der Waals surface area contributed by atoms with Crippen molar-refractivity contribution in [2.24, 2.45) is 4.99 Å². The normalized spacial score (nSPS) is 12.6. The fraction of sp³-hybridized carbons (Fsp3) is 0.235. The Kier molecular flexibility index (Phi) is 4.97. The van der Waals surface area contributed by atoms with Crippen LogP contribution in [0.25, 0.3) is 0 Å². The van der Waals surface area contributed by atoms with Crippen molar-refractivity contribution in [1.82, 2.24) is 0 Å². The number of phenols is 1. The van der Waals surface area contributed by atoms with Crippen LogP contribution in [0.15, 0.2) is 47.5 Å². The van der Waals surface area contributed by atoms with Gasteiger partial charge in [0, 0.05) is 18.6 Å². The molecule has 2 rings (SSSR count). The molecule has 0 radical (unpaired) electrons. The number of hydrogen-bond acceptors (Lipinski definition) is 2. The van der Waals surface area contributed by atoms with E-state index in [1.165, 1.54) is 10.5 Å². The Morgan fingerprint density at radius 3 is 2.43 bits per heavy atom. The van der Waals surface area contributed by atoms with Crippen molar-refractivity contribution in [3.63, 3.8) is 0 Å². The molecular weight excluding hydrogens is 293 g/mol. The van der Waals surface area contributed by atoms with Crippen molar-refractivity contribution < 1.29 is 5.11 Å². The molecule has 0 saturated heterocycles. The lowest BCUT2D eigenvalue weighted by molar-refractivity contribution is 0.480. The van der Waals surface area contributed by atoms with E-state index < -0.39 is 8.07 Å². The lowest BCUT2D eigenvalue weighted by Crippen LogP contribution is -2.38. The molecule has 0 saturated carbocycles. The van der Waals surface area contributed by atoms with Gasteiger partial charge in [-0.3, -0.25) is 4.99 Å². The average molecular weight is 315 g/mol. The summed E-state index contributed by atoms with van der Waals surface area (Å²) in [7, 11) is 0.855. The number of hydrogen-bond donors (Lipinski definition) is 1. The molecule has 0 fully saturated rings. The molecule has 110 valence electrons. The highest BCUT2D eigenvalue weighted by Crippen LogP contribution is 2.19. The Balaban J connectivity index is 2.40. The number of aromatic hydroxyl groups is 1. The van der Waals surface area contributed by atoms with Crippen molar-refractivity contribution in [1.29, 1.82) is 0 Å². The predicted molar refractivity (Wildman–Crippen MR) is 98.6 cm³/mol. The molecule has 1 unspecified atom stereocenters. The van der Waals surface area contributed by atoms with Gasteiger partial charge in [0.25, 0.3) is 0 Å². The van der Waals surface area contributed by atoms with Gasteiger partial charge in [-0.1, -0.05) is 69.8 Å². The predicted octanol–water partition coefficient (Wildman–Crippen LogP) is 2.62. The van der Waals surface area contributed by atoms with Crippen LogP contribution < -0.4 is 15.8 Å². The molecule has 0 spiro atoms. The SMILES string of the molecule is C/N=C/c1ccccc1Pc1cc([Si](C)(C)C)ccc1O. The Morgan fingerprint density at radius 2 is 1.76 bits per heavy atom. The van der Waals surface area contributed by atoms with Crippen molar-refractivity contribution in [3.8, 4) is 5.75 Å². The van der Waals surface area contributed by atoms with Gasteiger partial charge in [0.2, 0.25) is 0 Å². The molecule has 1 atom stereocenters. The standard InChI is InChI=1S/C17H22NOPSi/c1-18-12-13-7-5-6-8-16(13)20-17-11-14(21(2,3)4)9-10-15(17)19/h5-12,19-20H,1-4H3/b18-12+. The fourth-order valence-electron chi connectivity index (χ4n) is 2.11. The zero-order valence-corrected chi connectivity index (χ0v) is 15.0. The summed E-state index contributed by atoms with van der Waals surface area (Å²) in [5.74, 6) is 0.388.